The van der Waals surface area contributed by atoms with Crippen molar-refractivity contribution >= 4 is 22.9 Å². The molecule has 0 saturated carbocycles. The molecule has 0 N–H and O–H groups in total. The quantitative estimate of drug-likeness (QED) is 0.413. The van der Waals surface area contributed by atoms with Gasteiger partial charge in [-0.05, 0) is 93.0 Å². The molecule has 0 spiro atoms. The number of aromatic nitrogens is 1. The minimum atomic E-state index is -0.563. The molecule has 1 fully saturated rings. The number of pyridine rings is 1. The van der Waals surface area contributed by atoms with Crippen LogP contribution >= 0.6 is 0 Å². The van der Waals surface area contributed by atoms with Crippen LogP contribution in [0.2, 0.25) is 0 Å². The zero-order valence-electron chi connectivity index (χ0n) is 23.8. The second-order valence-corrected chi connectivity index (χ2v) is 11.8. The number of hydrogen-bond donors (Lipinski definition) is 0. The van der Waals surface area contributed by atoms with Crippen LogP contribution in [0.15, 0.2) is 42.5 Å². The SMILES string of the molecule is CC(=O)N1CCc2cc(-c3cc(C)nc4ccc(CN(C(=O)OC(C)(C)C)C5CCOCC5)cc34)ccc2C1. The van der Waals surface area contributed by atoms with E-state index in [1.54, 1.807) is 6.92 Å². The summed E-state index contributed by atoms with van der Waals surface area (Å²) in [5.41, 5.74) is 7.15. The molecule has 2 aliphatic rings. The van der Waals surface area contributed by atoms with E-state index in [-0.39, 0.29) is 18.0 Å². The highest BCUT2D eigenvalue weighted by Gasteiger charge is 2.30. The molecule has 7 nitrogen and oxygen atoms in total. The molecule has 206 valence electrons. The van der Waals surface area contributed by atoms with Crippen molar-refractivity contribution in [1.82, 2.24) is 14.8 Å². The van der Waals surface area contributed by atoms with Gasteiger partial charge in [0.1, 0.15) is 5.60 Å². The molecule has 2 aliphatic heterocycles. The Kier molecular flexibility index (Phi) is 7.63. The maximum atomic E-state index is 13.3. The maximum absolute atomic E-state index is 13.3. The molecule has 3 heterocycles. The van der Waals surface area contributed by atoms with E-state index in [9.17, 15) is 9.59 Å². The van der Waals surface area contributed by atoms with E-state index in [2.05, 4.69) is 42.5 Å². The van der Waals surface area contributed by atoms with Crippen LogP contribution in [-0.4, -0.2) is 58.2 Å². The summed E-state index contributed by atoms with van der Waals surface area (Å²) in [5.74, 6) is 0.120. The molecule has 2 aromatic carbocycles. The summed E-state index contributed by atoms with van der Waals surface area (Å²) >= 11 is 0. The summed E-state index contributed by atoms with van der Waals surface area (Å²) in [7, 11) is 0. The van der Waals surface area contributed by atoms with Gasteiger partial charge in [0.25, 0.3) is 0 Å². The van der Waals surface area contributed by atoms with Gasteiger partial charge in [0, 0.05) is 56.9 Å². The van der Waals surface area contributed by atoms with Crippen molar-refractivity contribution < 1.29 is 19.1 Å². The summed E-state index contributed by atoms with van der Waals surface area (Å²) in [6.07, 6.45) is 2.17. The Balaban J connectivity index is 1.49. The minimum absolute atomic E-state index is 0.0788. The lowest BCUT2D eigenvalue weighted by molar-refractivity contribution is -0.129. The largest absolute Gasteiger partial charge is 0.444 e. The van der Waals surface area contributed by atoms with Crippen LogP contribution in [0, 0.1) is 6.92 Å². The first-order valence-electron chi connectivity index (χ1n) is 13.9. The van der Waals surface area contributed by atoms with Gasteiger partial charge in [-0.2, -0.15) is 0 Å². The Morgan fingerprint density at radius 3 is 2.56 bits per heavy atom. The van der Waals surface area contributed by atoms with Crippen molar-refractivity contribution in [2.45, 2.75) is 78.6 Å². The molecule has 0 atom stereocenters. The van der Waals surface area contributed by atoms with E-state index in [1.807, 2.05) is 37.5 Å². The molecule has 0 radical (unpaired) electrons. The lowest BCUT2D eigenvalue weighted by atomic mass is 9.92. The number of aryl methyl sites for hydroxylation is 1. The van der Waals surface area contributed by atoms with Crippen LogP contribution < -0.4 is 0 Å². The van der Waals surface area contributed by atoms with E-state index in [0.29, 0.717) is 26.3 Å². The monoisotopic (exact) mass is 529 g/mol. The van der Waals surface area contributed by atoms with E-state index in [0.717, 1.165) is 59.1 Å². The molecular formula is C32H39N3O4. The van der Waals surface area contributed by atoms with Crippen molar-refractivity contribution in [2.75, 3.05) is 19.8 Å². The number of amides is 2. The molecule has 39 heavy (non-hydrogen) atoms. The highest BCUT2D eigenvalue weighted by atomic mass is 16.6. The van der Waals surface area contributed by atoms with Gasteiger partial charge < -0.3 is 19.3 Å². The first kappa shape index (κ1) is 27.1. The van der Waals surface area contributed by atoms with E-state index in [4.69, 9.17) is 14.5 Å². The molecule has 5 rings (SSSR count). The zero-order valence-corrected chi connectivity index (χ0v) is 23.8. The van der Waals surface area contributed by atoms with Crippen molar-refractivity contribution in [1.29, 1.82) is 0 Å². The van der Waals surface area contributed by atoms with Crippen LogP contribution in [0.3, 0.4) is 0 Å². The van der Waals surface area contributed by atoms with Crippen LogP contribution in [0.5, 0.6) is 0 Å². The highest BCUT2D eigenvalue weighted by molar-refractivity contribution is 5.95. The number of benzene rings is 2. The van der Waals surface area contributed by atoms with Gasteiger partial charge in [0.05, 0.1) is 5.52 Å². The smallest absolute Gasteiger partial charge is 0.410 e. The molecule has 1 saturated heterocycles. The normalized spacial score (nSPS) is 16.2. The molecule has 7 heteroatoms. The van der Waals surface area contributed by atoms with Crippen molar-refractivity contribution in [2.24, 2.45) is 0 Å². The van der Waals surface area contributed by atoms with Gasteiger partial charge in [-0.3, -0.25) is 9.78 Å². The number of rotatable bonds is 4. The summed E-state index contributed by atoms with van der Waals surface area (Å²) in [6.45, 7) is 12.5. The number of fused-ring (bicyclic) bond motifs is 2. The first-order valence-corrected chi connectivity index (χ1v) is 13.9. The lowest BCUT2D eigenvalue weighted by Gasteiger charge is -2.35. The third-order valence-corrected chi connectivity index (χ3v) is 7.59. The number of ether oxygens (including phenoxy) is 2. The standard InChI is InChI=1S/C32H39N3O4/c1-21-16-28(25-7-8-26-20-34(22(2)36)13-10-24(26)18-25)29-17-23(6-9-30(29)33-21)19-35(27-11-14-38-15-12-27)31(37)39-32(3,4)5/h6-9,16-18,27H,10-15,19-20H2,1-5H3. The van der Waals surface area contributed by atoms with Crippen molar-refractivity contribution in [3.05, 3.63) is 64.8 Å². The van der Waals surface area contributed by atoms with Gasteiger partial charge in [0.2, 0.25) is 5.91 Å². The maximum Gasteiger partial charge on any atom is 0.410 e. The fourth-order valence-electron chi connectivity index (χ4n) is 5.59. The van der Waals surface area contributed by atoms with Crippen molar-refractivity contribution in [3.8, 4) is 11.1 Å². The van der Waals surface area contributed by atoms with Crippen LogP contribution in [0.4, 0.5) is 4.79 Å². The van der Waals surface area contributed by atoms with Crippen LogP contribution in [-0.2, 0) is 33.8 Å². The third kappa shape index (κ3) is 6.25. The number of nitrogens with zero attached hydrogens (tertiary/aromatic N) is 3. The Labute approximate surface area is 231 Å². The Bertz CT molecular complexity index is 1390. The molecular weight excluding hydrogens is 490 g/mol. The van der Waals surface area contributed by atoms with E-state index >= 15 is 0 Å². The molecule has 0 unspecified atom stereocenters. The summed E-state index contributed by atoms with van der Waals surface area (Å²) in [4.78, 5) is 33.7. The Hall–Kier alpha value is -3.45. The predicted molar refractivity (Wildman–Crippen MR) is 152 cm³/mol. The van der Waals surface area contributed by atoms with Gasteiger partial charge in [-0.15, -0.1) is 0 Å². The fraction of sp³-hybridized carbons (Fsp3) is 0.469. The number of carbonyl (C=O) groups excluding carboxylic acids is 2. The van der Waals surface area contributed by atoms with E-state index in [1.165, 1.54) is 11.1 Å². The predicted octanol–water partition coefficient (Wildman–Crippen LogP) is 6.03. The van der Waals surface area contributed by atoms with Gasteiger partial charge in [0.15, 0.2) is 0 Å². The summed E-state index contributed by atoms with van der Waals surface area (Å²) in [5, 5.41) is 1.07. The van der Waals surface area contributed by atoms with Crippen LogP contribution in [0.1, 0.15) is 62.9 Å². The third-order valence-electron chi connectivity index (χ3n) is 7.59. The molecule has 1 aromatic heterocycles. The lowest BCUT2D eigenvalue weighted by Crippen LogP contribution is -2.45. The fourth-order valence-corrected chi connectivity index (χ4v) is 5.59. The molecule has 2 amide bonds. The average Bonchev–Trinajstić information content (AvgIpc) is 2.90. The highest BCUT2D eigenvalue weighted by Crippen LogP contribution is 2.33. The molecule has 3 aromatic rings. The zero-order chi connectivity index (χ0) is 27.7. The first-order chi connectivity index (χ1) is 18.6. The average molecular weight is 530 g/mol. The van der Waals surface area contributed by atoms with Gasteiger partial charge in [-0.25, -0.2) is 4.79 Å². The van der Waals surface area contributed by atoms with Gasteiger partial charge in [-0.1, -0.05) is 24.3 Å². The number of hydrogen-bond acceptors (Lipinski definition) is 5. The number of carbonyl (C=O) groups is 2. The molecule has 0 aliphatic carbocycles. The second kappa shape index (κ2) is 11.0. The molecule has 0 bridgehead atoms. The Morgan fingerprint density at radius 2 is 1.85 bits per heavy atom. The second-order valence-electron chi connectivity index (χ2n) is 11.8. The van der Waals surface area contributed by atoms with Crippen molar-refractivity contribution in [3.63, 3.8) is 0 Å². The minimum Gasteiger partial charge on any atom is -0.444 e. The summed E-state index contributed by atoms with van der Waals surface area (Å²) in [6, 6.07) is 15.1. The van der Waals surface area contributed by atoms with E-state index < -0.39 is 5.60 Å². The van der Waals surface area contributed by atoms with Gasteiger partial charge >= 0.3 is 6.09 Å². The topological polar surface area (TPSA) is 72.0 Å². The van der Waals surface area contributed by atoms with Crippen LogP contribution in [0.25, 0.3) is 22.0 Å². The summed E-state index contributed by atoms with van der Waals surface area (Å²) < 4.78 is 11.4. The Morgan fingerprint density at radius 1 is 1.08 bits per heavy atom.